The van der Waals surface area contributed by atoms with Gasteiger partial charge in [0.25, 0.3) is 0 Å². The highest BCUT2D eigenvalue weighted by Crippen LogP contribution is 2.26. The zero-order valence-corrected chi connectivity index (χ0v) is 11.1. The third-order valence-electron chi connectivity index (χ3n) is 3.65. The molecule has 1 saturated heterocycles. The van der Waals surface area contributed by atoms with Crippen LogP contribution in [0.5, 0.6) is 0 Å². The number of hydrogen-bond donors (Lipinski definition) is 2. The van der Waals surface area contributed by atoms with Crippen molar-refractivity contribution in [3.63, 3.8) is 0 Å². The van der Waals surface area contributed by atoms with Crippen LogP contribution in [-0.2, 0) is 6.42 Å². The molecule has 1 heterocycles. The number of aryl methyl sites for hydroxylation is 1. The van der Waals surface area contributed by atoms with Crippen LogP contribution >= 0.6 is 11.6 Å². The molecule has 18 heavy (non-hydrogen) atoms. The minimum absolute atomic E-state index is 0.174. The van der Waals surface area contributed by atoms with Crippen molar-refractivity contribution in [2.75, 3.05) is 13.1 Å². The fourth-order valence-electron chi connectivity index (χ4n) is 2.49. The van der Waals surface area contributed by atoms with E-state index in [4.69, 9.17) is 11.6 Å². The highest BCUT2D eigenvalue weighted by atomic mass is 35.5. The lowest BCUT2D eigenvalue weighted by atomic mass is 9.87. The minimum atomic E-state index is -0.569. The van der Waals surface area contributed by atoms with Crippen LogP contribution in [-0.4, -0.2) is 23.8 Å². The Morgan fingerprint density at radius 1 is 1.33 bits per heavy atom. The van der Waals surface area contributed by atoms with Gasteiger partial charge in [-0.25, -0.2) is 4.39 Å². The molecule has 4 heteroatoms. The van der Waals surface area contributed by atoms with E-state index in [9.17, 15) is 9.50 Å². The summed E-state index contributed by atoms with van der Waals surface area (Å²) in [5.74, 6) is -0.323. The van der Waals surface area contributed by atoms with Crippen molar-refractivity contribution in [1.82, 2.24) is 5.32 Å². The van der Waals surface area contributed by atoms with Gasteiger partial charge in [-0.1, -0.05) is 23.7 Å². The third-order valence-corrected chi connectivity index (χ3v) is 3.95. The lowest BCUT2D eigenvalue weighted by Crippen LogP contribution is -2.41. The molecule has 1 aliphatic heterocycles. The molecular formula is C14H19ClFNO. The molecule has 0 unspecified atom stereocenters. The maximum absolute atomic E-state index is 13.7. The number of aliphatic hydroxyl groups is 1. The molecule has 0 amide bonds. The predicted octanol–water partition coefficient (Wildman–Crippen LogP) is 2.92. The van der Waals surface area contributed by atoms with Crippen LogP contribution in [0.25, 0.3) is 0 Å². The Kier molecular flexibility index (Phi) is 4.60. The van der Waals surface area contributed by atoms with E-state index < -0.39 is 5.60 Å². The molecule has 2 nitrogen and oxygen atoms in total. The maximum atomic E-state index is 13.7. The van der Waals surface area contributed by atoms with Gasteiger partial charge in [-0.2, -0.15) is 0 Å². The smallest absolute Gasteiger partial charge is 0.144 e. The van der Waals surface area contributed by atoms with Gasteiger partial charge in [0, 0.05) is 0 Å². The summed E-state index contributed by atoms with van der Waals surface area (Å²) >= 11 is 5.74. The number of nitrogens with one attached hydrogen (secondary N) is 1. The van der Waals surface area contributed by atoms with Crippen LogP contribution in [0.3, 0.4) is 0 Å². The second-order valence-corrected chi connectivity index (χ2v) is 5.45. The summed E-state index contributed by atoms with van der Waals surface area (Å²) in [7, 11) is 0. The fourth-order valence-corrected chi connectivity index (χ4v) is 2.69. The van der Waals surface area contributed by atoms with Crippen LogP contribution in [0, 0.1) is 5.82 Å². The van der Waals surface area contributed by atoms with Crippen molar-refractivity contribution in [3.05, 3.63) is 34.6 Å². The number of piperidine rings is 1. The molecular weight excluding hydrogens is 253 g/mol. The number of halogens is 2. The lowest BCUT2D eigenvalue weighted by molar-refractivity contribution is 0.000877. The average Bonchev–Trinajstić information content (AvgIpc) is 2.35. The molecule has 0 radical (unpaired) electrons. The minimum Gasteiger partial charge on any atom is -0.390 e. The first-order chi connectivity index (χ1) is 8.61. The Hall–Kier alpha value is -0.640. The monoisotopic (exact) mass is 271 g/mol. The third kappa shape index (κ3) is 3.44. The molecule has 2 N–H and O–H groups in total. The molecule has 0 aromatic heterocycles. The van der Waals surface area contributed by atoms with Gasteiger partial charge in [-0.15, -0.1) is 0 Å². The molecule has 0 bridgehead atoms. The van der Waals surface area contributed by atoms with E-state index in [0.29, 0.717) is 12.0 Å². The zero-order chi connectivity index (χ0) is 13.0. The molecule has 1 aromatic carbocycles. The van der Waals surface area contributed by atoms with Gasteiger partial charge >= 0.3 is 0 Å². The van der Waals surface area contributed by atoms with E-state index in [-0.39, 0.29) is 10.8 Å². The first-order valence-electron chi connectivity index (χ1n) is 6.47. The fraction of sp³-hybridized carbons (Fsp3) is 0.571. The Morgan fingerprint density at radius 2 is 2.06 bits per heavy atom. The summed E-state index contributed by atoms with van der Waals surface area (Å²) in [5.41, 5.74) is 0.0698. The van der Waals surface area contributed by atoms with E-state index in [1.165, 1.54) is 0 Å². The largest absolute Gasteiger partial charge is 0.390 e. The first-order valence-corrected chi connectivity index (χ1v) is 6.84. The quantitative estimate of drug-likeness (QED) is 0.883. The molecule has 1 aliphatic rings. The van der Waals surface area contributed by atoms with Crippen molar-refractivity contribution >= 4 is 11.6 Å². The highest BCUT2D eigenvalue weighted by molar-refractivity contribution is 6.30. The number of hydrogen-bond acceptors (Lipinski definition) is 2. The molecule has 0 spiro atoms. The van der Waals surface area contributed by atoms with Gasteiger partial charge in [-0.05, 0) is 56.8 Å². The van der Waals surface area contributed by atoms with Gasteiger partial charge in [0.1, 0.15) is 5.82 Å². The van der Waals surface area contributed by atoms with E-state index in [1.54, 1.807) is 18.2 Å². The van der Waals surface area contributed by atoms with Crippen molar-refractivity contribution < 1.29 is 9.50 Å². The molecule has 1 aromatic rings. The van der Waals surface area contributed by atoms with E-state index >= 15 is 0 Å². The van der Waals surface area contributed by atoms with Crippen LogP contribution in [0.2, 0.25) is 5.02 Å². The van der Waals surface area contributed by atoms with Crippen LogP contribution < -0.4 is 5.32 Å². The van der Waals surface area contributed by atoms with Gasteiger partial charge in [0.05, 0.1) is 10.6 Å². The Balaban J connectivity index is 1.86. The highest BCUT2D eigenvalue weighted by Gasteiger charge is 2.28. The number of benzene rings is 1. The summed E-state index contributed by atoms with van der Waals surface area (Å²) in [4.78, 5) is 0. The summed E-state index contributed by atoms with van der Waals surface area (Å²) in [6.07, 6.45) is 3.70. The zero-order valence-electron chi connectivity index (χ0n) is 10.4. The normalized spacial score (nSPS) is 18.8. The van der Waals surface area contributed by atoms with Crippen molar-refractivity contribution in [1.29, 1.82) is 0 Å². The summed E-state index contributed by atoms with van der Waals surface area (Å²) < 4.78 is 13.7. The summed E-state index contributed by atoms with van der Waals surface area (Å²) in [6, 6.07) is 5.08. The predicted molar refractivity (Wildman–Crippen MR) is 71.4 cm³/mol. The summed E-state index contributed by atoms with van der Waals surface area (Å²) in [5, 5.41) is 13.7. The topological polar surface area (TPSA) is 32.3 Å². The van der Waals surface area contributed by atoms with Crippen LogP contribution in [0.15, 0.2) is 18.2 Å². The lowest BCUT2D eigenvalue weighted by Gasteiger charge is -2.32. The maximum Gasteiger partial charge on any atom is 0.144 e. The van der Waals surface area contributed by atoms with Crippen molar-refractivity contribution in [2.24, 2.45) is 0 Å². The molecule has 0 aliphatic carbocycles. The first kappa shape index (κ1) is 13.8. The van der Waals surface area contributed by atoms with Gasteiger partial charge in [0.2, 0.25) is 0 Å². The second-order valence-electron chi connectivity index (χ2n) is 5.04. The van der Waals surface area contributed by atoms with Crippen LogP contribution in [0.4, 0.5) is 4.39 Å². The van der Waals surface area contributed by atoms with E-state index in [0.717, 1.165) is 38.8 Å². The molecule has 0 saturated carbocycles. The SMILES string of the molecule is OC1(CCCc2cccc(Cl)c2F)CCNCC1. The molecule has 2 rings (SSSR count). The molecule has 0 atom stereocenters. The molecule has 100 valence electrons. The standard InChI is InChI=1S/C14H19ClFNO/c15-12-5-1-3-11(13(12)16)4-2-6-14(18)7-9-17-10-8-14/h1,3,5,17-18H,2,4,6-10H2. The van der Waals surface area contributed by atoms with Crippen LogP contribution in [0.1, 0.15) is 31.2 Å². The van der Waals surface area contributed by atoms with Gasteiger partial charge in [0.15, 0.2) is 0 Å². The summed E-state index contributed by atoms with van der Waals surface area (Å²) in [6.45, 7) is 1.73. The second kappa shape index (κ2) is 6.00. The van der Waals surface area contributed by atoms with Crippen molar-refractivity contribution in [2.45, 2.75) is 37.7 Å². The van der Waals surface area contributed by atoms with E-state index in [2.05, 4.69) is 5.32 Å². The van der Waals surface area contributed by atoms with Gasteiger partial charge < -0.3 is 10.4 Å². The Bertz CT molecular complexity index is 405. The van der Waals surface area contributed by atoms with Crippen molar-refractivity contribution in [3.8, 4) is 0 Å². The molecule has 1 fully saturated rings. The van der Waals surface area contributed by atoms with E-state index in [1.807, 2.05) is 0 Å². The Morgan fingerprint density at radius 3 is 2.78 bits per heavy atom. The number of rotatable bonds is 4. The Labute approximate surface area is 112 Å². The average molecular weight is 272 g/mol. The van der Waals surface area contributed by atoms with Gasteiger partial charge in [-0.3, -0.25) is 0 Å².